The Labute approximate surface area is 77.9 Å². The number of carboxylic acid groups (broad SMARTS) is 1. The fraction of sp³-hybridized carbons (Fsp3) is 0.444. The number of rotatable bonds is 8. The van der Waals surface area contributed by atoms with Crippen molar-refractivity contribution in [1.82, 2.24) is 5.32 Å². The van der Waals surface area contributed by atoms with Crippen LogP contribution in [0.4, 0.5) is 0 Å². The summed E-state index contributed by atoms with van der Waals surface area (Å²) in [6, 6.07) is 0. The van der Waals surface area contributed by atoms with Crippen molar-refractivity contribution in [3.8, 4) is 0 Å². The highest BCUT2D eigenvalue weighted by atomic mass is 16.5. The van der Waals surface area contributed by atoms with Gasteiger partial charge in [0.15, 0.2) is 0 Å². The third-order valence-corrected chi connectivity index (χ3v) is 1.20. The molecule has 0 saturated carbocycles. The van der Waals surface area contributed by atoms with Crippen molar-refractivity contribution in [3.63, 3.8) is 0 Å². The minimum absolute atomic E-state index is 0.567. The van der Waals surface area contributed by atoms with Gasteiger partial charge in [0.05, 0.1) is 13.2 Å². The Kier molecular flexibility index (Phi) is 7.93. The summed E-state index contributed by atoms with van der Waals surface area (Å²) in [7, 11) is 0. The van der Waals surface area contributed by atoms with E-state index in [0.29, 0.717) is 19.8 Å². The molecule has 2 N–H and O–H groups in total. The molecule has 0 heterocycles. The van der Waals surface area contributed by atoms with Crippen LogP contribution in [0.5, 0.6) is 0 Å². The summed E-state index contributed by atoms with van der Waals surface area (Å²) in [5, 5.41) is 11.0. The topological polar surface area (TPSA) is 58.6 Å². The Morgan fingerprint density at radius 1 is 1.54 bits per heavy atom. The van der Waals surface area contributed by atoms with Crippen LogP contribution < -0.4 is 5.32 Å². The molecule has 0 fully saturated rings. The molecule has 4 nitrogen and oxygen atoms in total. The van der Waals surface area contributed by atoms with Crippen molar-refractivity contribution >= 4 is 5.97 Å². The summed E-state index contributed by atoms with van der Waals surface area (Å²) in [4.78, 5) is 10.0. The standard InChI is InChI=1S/C9H15NO3/c1-2-3-7-13-8-6-10-5-4-9(11)12/h2,4-5,10H,1,3,6-8H2,(H,11,12)/b5-4+. The molecule has 13 heavy (non-hydrogen) atoms. The molecule has 0 aromatic carbocycles. The van der Waals surface area contributed by atoms with E-state index in [1.807, 2.05) is 0 Å². The van der Waals surface area contributed by atoms with E-state index in [9.17, 15) is 4.79 Å². The van der Waals surface area contributed by atoms with Crippen LogP contribution in [-0.4, -0.2) is 30.8 Å². The van der Waals surface area contributed by atoms with E-state index in [0.717, 1.165) is 12.5 Å². The second-order valence-electron chi connectivity index (χ2n) is 2.32. The molecule has 0 atom stereocenters. The van der Waals surface area contributed by atoms with Crippen molar-refractivity contribution in [2.45, 2.75) is 6.42 Å². The third kappa shape index (κ3) is 10.7. The third-order valence-electron chi connectivity index (χ3n) is 1.20. The van der Waals surface area contributed by atoms with E-state index in [-0.39, 0.29) is 0 Å². The number of ether oxygens (including phenoxy) is 1. The molecule has 0 aliphatic carbocycles. The van der Waals surface area contributed by atoms with Crippen LogP contribution in [0.15, 0.2) is 24.9 Å². The quantitative estimate of drug-likeness (QED) is 0.333. The second-order valence-corrected chi connectivity index (χ2v) is 2.32. The van der Waals surface area contributed by atoms with Gasteiger partial charge >= 0.3 is 5.97 Å². The van der Waals surface area contributed by atoms with Crippen LogP contribution in [0, 0.1) is 0 Å². The Morgan fingerprint density at radius 3 is 2.92 bits per heavy atom. The first-order valence-corrected chi connectivity index (χ1v) is 4.09. The normalized spacial score (nSPS) is 10.2. The minimum Gasteiger partial charge on any atom is -0.478 e. The minimum atomic E-state index is -0.958. The summed E-state index contributed by atoms with van der Waals surface area (Å²) >= 11 is 0. The van der Waals surface area contributed by atoms with E-state index in [1.165, 1.54) is 6.20 Å². The van der Waals surface area contributed by atoms with E-state index in [2.05, 4.69) is 11.9 Å². The van der Waals surface area contributed by atoms with E-state index in [1.54, 1.807) is 6.08 Å². The highest BCUT2D eigenvalue weighted by Gasteiger charge is 1.86. The Morgan fingerprint density at radius 2 is 2.31 bits per heavy atom. The smallest absolute Gasteiger partial charge is 0.329 e. The average Bonchev–Trinajstić information content (AvgIpc) is 2.09. The highest BCUT2D eigenvalue weighted by Crippen LogP contribution is 1.81. The first-order chi connectivity index (χ1) is 6.27. The first-order valence-electron chi connectivity index (χ1n) is 4.09. The molecule has 0 bridgehead atoms. The largest absolute Gasteiger partial charge is 0.478 e. The summed E-state index contributed by atoms with van der Waals surface area (Å²) < 4.78 is 5.17. The zero-order valence-corrected chi connectivity index (χ0v) is 7.53. The summed E-state index contributed by atoms with van der Waals surface area (Å²) in [5.74, 6) is -0.958. The predicted octanol–water partition coefficient (Wildman–Crippen LogP) is 0.767. The maximum atomic E-state index is 10.0. The fourth-order valence-corrected chi connectivity index (χ4v) is 0.613. The van der Waals surface area contributed by atoms with Gasteiger partial charge < -0.3 is 15.2 Å². The van der Waals surface area contributed by atoms with Gasteiger partial charge in [-0.25, -0.2) is 4.79 Å². The van der Waals surface area contributed by atoms with Crippen LogP contribution in [-0.2, 0) is 9.53 Å². The predicted molar refractivity (Wildman–Crippen MR) is 50.4 cm³/mol. The van der Waals surface area contributed by atoms with Gasteiger partial charge in [0.25, 0.3) is 0 Å². The van der Waals surface area contributed by atoms with Crippen molar-refractivity contribution < 1.29 is 14.6 Å². The SMILES string of the molecule is C=CCCOCCN/C=C/C(=O)O. The summed E-state index contributed by atoms with van der Waals surface area (Å²) in [6.07, 6.45) is 5.06. The molecular weight excluding hydrogens is 170 g/mol. The molecule has 0 aromatic heterocycles. The Balaban J connectivity index is 3.07. The van der Waals surface area contributed by atoms with Crippen LogP contribution >= 0.6 is 0 Å². The molecule has 74 valence electrons. The highest BCUT2D eigenvalue weighted by molar-refractivity contribution is 5.79. The molecule has 0 rings (SSSR count). The lowest BCUT2D eigenvalue weighted by atomic mass is 10.4. The van der Waals surface area contributed by atoms with Gasteiger partial charge in [-0.1, -0.05) is 6.08 Å². The van der Waals surface area contributed by atoms with Gasteiger partial charge in [-0.05, 0) is 6.42 Å². The monoisotopic (exact) mass is 185 g/mol. The van der Waals surface area contributed by atoms with Crippen LogP contribution in [0.3, 0.4) is 0 Å². The number of hydrogen-bond acceptors (Lipinski definition) is 3. The number of carboxylic acids is 1. The average molecular weight is 185 g/mol. The zero-order chi connectivity index (χ0) is 9.94. The molecule has 0 unspecified atom stereocenters. The lowest BCUT2D eigenvalue weighted by Crippen LogP contribution is -2.14. The first kappa shape index (κ1) is 11.7. The van der Waals surface area contributed by atoms with Gasteiger partial charge in [0.1, 0.15) is 0 Å². The van der Waals surface area contributed by atoms with Crippen LogP contribution in [0.25, 0.3) is 0 Å². The second kappa shape index (κ2) is 8.80. The maximum absolute atomic E-state index is 10.0. The van der Waals surface area contributed by atoms with Gasteiger partial charge in [0, 0.05) is 18.8 Å². The van der Waals surface area contributed by atoms with Gasteiger partial charge in [-0.3, -0.25) is 0 Å². The molecule has 0 spiro atoms. The van der Waals surface area contributed by atoms with Gasteiger partial charge in [-0.15, -0.1) is 6.58 Å². The summed E-state index contributed by atoms with van der Waals surface area (Å²) in [6.45, 7) is 5.40. The lowest BCUT2D eigenvalue weighted by molar-refractivity contribution is -0.131. The van der Waals surface area contributed by atoms with Gasteiger partial charge in [0.2, 0.25) is 0 Å². The fourth-order valence-electron chi connectivity index (χ4n) is 0.613. The Bertz CT molecular complexity index is 178. The lowest BCUT2D eigenvalue weighted by Gasteiger charge is -2.01. The summed E-state index contributed by atoms with van der Waals surface area (Å²) in [5.41, 5.74) is 0. The molecule has 0 amide bonds. The van der Waals surface area contributed by atoms with Crippen molar-refractivity contribution in [1.29, 1.82) is 0 Å². The molecule has 0 aromatic rings. The Hall–Kier alpha value is -1.29. The van der Waals surface area contributed by atoms with Crippen LogP contribution in [0.2, 0.25) is 0 Å². The number of carbonyl (C=O) groups is 1. The molecule has 4 heteroatoms. The van der Waals surface area contributed by atoms with Crippen molar-refractivity contribution in [2.24, 2.45) is 0 Å². The zero-order valence-electron chi connectivity index (χ0n) is 7.53. The maximum Gasteiger partial charge on any atom is 0.329 e. The van der Waals surface area contributed by atoms with E-state index < -0.39 is 5.97 Å². The van der Waals surface area contributed by atoms with E-state index in [4.69, 9.17) is 9.84 Å². The number of aliphatic carboxylic acids is 1. The molecule has 0 aliphatic rings. The number of hydrogen-bond donors (Lipinski definition) is 2. The molecular formula is C9H15NO3. The molecule has 0 aliphatic heterocycles. The number of nitrogens with one attached hydrogen (secondary N) is 1. The molecule has 0 radical (unpaired) electrons. The van der Waals surface area contributed by atoms with Crippen molar-refractivity contribution in [3.05, 3.63) is 24.9 Å². The van der Waals surface area contributed by atoms with Crippen molar-refractivity contribution in [2.75, 3.05) is 19.8 Å². The molecule has 0 saturated heterocycles. The van der Waals surface area contributed by atoms with E-state index >= 15 is 0 Å². The van der Waals surface area contributed by atoms with Crippen LogP contribution in [0.1, 0.15) is 6.42 Å². The van der Waals surface area contributed by atoms with Gasteiger partial charge in [-0.2, -0.15) is 0 Å².